The highest BCUT2D eigenvalue weighted by atomic mass is 15.8. The molecule has 3 atom stereocenters. The summed E-state index contributed by atoms with van der Waals surface area (Å²) in [7, 11) is 0. The minimum Gasteiger partial charge on any atom is -0.244 e. The summed E-state index contributed by atoms with van der Waals surface area (Å²) in [6.07, 6.45) is 0. The summed E-state index contributed by atoms with van der Waals surface area (Å²) >= 11 is 0. The lowest BCUT2D eigenvalue weighted by atomic mass is 10.1. The first kappa shape index (κ1) is 4.73. The maximum atomic E-state index is 3.10. The fourth-order valence-corrected chi connectivity index (χ4v) is 1.21. The molecule has 46 valence electrons. The molecule has 2 rings (SSSR count). The molecule has 8 heavy (non-hydrogen) atoms. The van der Waals surface area contributed by atoms with Crippen LogP contribution in [0.5, 0.6) is 0 Å². The normalized spacial score (nSPS) is 52.9. The molecule has 1 unspecified atom stereocenters. The summed E-state index contributed by atoms with van der Waals surface area (Å²) in [5, 5.41) is 2.22. The molecule has 2 fully saturated rings. The van der Waals surface area contributed by atoms with Gasteiger partial charge in [0.05, 0.1) is 0 Å². The molecule has 2 aliphatic rings. The molecule has 2 N–H and O–H groups in total. The topological polar surface area (TPSA) is 27.1 Å². The van der Waals surface area contributed by atoms with Crippen LogP contribution in [0.25, 0.3) is 0 Å². The van der Waals surface area contributed by atoms with Crippen LogP contribution in [-0.2, 0) is 0 Å². The van der Waals surface area contributed by atoms with Gasteiger partial charge in [0.2, 0.25) is 0 Å². The molecule has 0 aliphatic carbocycles. The van der Waals surface area contributed by atoms with Crippen molar-refractivity contribution in [2.75, 3.05) is 13.1 Å². The highest BCUT2D eigenvalue weighted by Gasteiger charge is 2.41. The molecule has 0 bridgehead atoms. The highest BCUT2D eigenvalue weighted by molar-refractivity contribution is 4.92. The molecular weight excluding hydrogens is 102 g/mol. The molecule has 2 heterocycles. The van der Waals surface area contributed by atoms with Gasteiger partial charge in [0.1, 0.15) is 0 Å². The van der Waals surface area contributed by atoms with Crippen molar-refractivity contribution in [1.29, 1.82) is 0 Å². The van der Waals surface area contributed by atoms with Gasteiger partial charge in [0.15, 0.2) is 0 Å². The average Bonchev–Trinajstić information content (AvgIpc) is 2.45. The second kappa shape index (κ2) is 1.43. The zero-order chi connectivity index (χ0) is 5.56. The van der Waals surface area contributed by atoms with Crippen LogP contribution in [0.2, 0.25) is 0 Å². The van der Waals surface area contributed by atoms with E-state index >= 15 is 0 Å². The van der Waals surface area contributed by atoms with E-state index in [4.69, 9.17) is 0 Å². The predicted molar refractivity (Wildman–Crippen MR) is 30.8 cm³/mol. The molecule has 3 nitrogen and oxygen atoms in total. The number of hydrogen-bond acceptors (Lipinski definition) is 3. The van der Waals surface area contributed by atoms with Crippen LogP contribution in [0, 0.1) is 5.92 Å². The number of hydrogen-bond donors (Lipinski definition) is 2. The van der Waals surface area contributed by atoms with E-state index in [0.717, 1.165) is 18.5 Å². The van der Waals surface area contributed by atoms with Crippen molar-refractivity contribution < 1.29 is 0 Å². The van der Waals surface area contributed by atoms with Crippen molar-refractivity contribution in [2.45, 2.75) is 13.0 Å². The zero-order valence-electron chi connectivity index (χ0n) is 5.02. The molecule has 0 aromatic carbocycles. The van der Waals surface area contributed by atoms with Crippen LogP contribution in [0.15, 0.2) is 0 Å². The molecular formula is C5H11N3. The summed E-state index contributed by atoms with van der Waals surface area (Å²) in [6, 6.07) is 0.830. The second-order valence-corrected chi connectivity index (χ2v) is 2.69. The Hall–Kier alpha value is -0.120. The summed E-state index contributed by atoms with van der Waals surface area (Å²) in [6.45, 7) is 4.62. The lowest BCUT2D eigenvalue weighted by Crippen LogP contribution is -2.46. The SMILES string of the molecule is C[C@H]1CNNN2C[C@H]12. The summed E-state index contributed by atoms with van der Waals surface area (Å²) in [5.41, 5.74) is 6.17. The number of nitrogens with zero attached hydrogens (tertiary/aromatic N) is 1. The second-order valence-electron chi connectivity index (χ2n) is 2.69. The highest BCUT2D eigenvalue weighted by Crippen LogP contribution is 2.23. The first-order chi connectivity index (χ1) is 3.88. The molecule has 3 heteroatoms. The van der Waals surface area contributed by atoms with Crippen LogP contribution in [0.3, 0.4) is 0 Å². The van der Waals surface area contributed by atoms with Crippen molar-refractivity contribution in [3.05, 3.63) is 0 Å². The van der Waals surface area contributed by atoms with Gasteiger partial charge in [-0.05, 0) is 5.92 Å². The molecule has 0 spiro atoms. The average molecular weight is 113 g/mol. The zero-order valence-corrected chi connectivity index (χ0v) is 5.02. The van der Waals surface area contributed by atoms with E-state index in [1.165, 1.54) is 6.54 Å². The van der Waals surface area contributed by atoms with Gasteiger partial charge >= 0.3 is 0 Å². The Kier molecular flexibility index (Phi) is 0.848. The fourth-order valence-electron chi connectivity index (χ4n) is 1.21. The predicted octanol–water partition coefficient (Wildman–Crippen LogP) is -0.670. The van der Waals surface area contributed by atoms with Gasteiger partial charge < -0.3 is 0 Å². The van der Waals surface area contributed by atoms with E-state index in [1.54, 1.807) is 0 Å². The van der Waals surface area contributed by atoms with Crippen LogP contribution in [-0.4, -0.2) is 24.1 Å². The van der Waals surface area contributed by atoms with Crippen LogP contribution in [0.4, 0.5) is 0 Å². The van der Waals surface area contributed by atoms with Gasteiger partial charge in [0, 0.05) is 19.1 Å². The summed E-state index contributed by atoms with van der Waals surface area (Å²) < 4.78 is 0. The van der Waals surface area contributed by atoms with Gasteiger partial charge in [-0.25, -0.2) is 10.4 Å². The fraction of sp³-hybridized carbons (Fsp3) is 1.00. The van der Waals surface area contributed by atoms with Crippen molar-refractivity contribution >= 4 is 0 Å². The first-order valence-corrected chi connectivity index (χ1v) is 3.13. The molecule has 0 radical (unpaired) electrons. The molecule has 0 aromatic heterocycles. The maximum Gasteiger partial charge on any atom is 0.0437 e. The smallest absolute Gasteiger partial charge is 0.0437 e. The van der Waals surface area contributed by atoms with Crippen molar-refractivity contribution in [1.82, 2.24) is 16.0 Å². The Morgan fingerprint density at radius 3 is 3.12 bits per heavy atom. The van der Waals surface area contributed by atoms with Gasteiger partial charge in [-0.1, -0.05) is 6.92 Å². The Bertz CT molecular complexity index is 104. The van der Waals surface area contributed by atoms with Crippen molar-refractivity contribution in [3.8, 4) is 0 Å². The van der Waals surface area contributed by atoms with Crippen molar-refractivity contribution in [3.63, 3.8) is 0 Å². The quantitative estimate of drug-likeness (QED) is 0.408. The Morgan fingerprint density at radius 1 is 1.62 bits per heavy atom. The van der Waals surface area contributed by atoms with Crippen LogP contribution < -0.4 is 11.0 Å². The van der Waals surface area contributed by atoms with Gasteiger partial charge in [-0.15, -0.1) is 0 Å². The molecule has 0 amide bonds. The Labute approximate surface area is 49.0 Å². The Balaban J connectivity index is 1.99. The standard InChI is InChI=1S/C5H11N3/c1-4-2-6-7-8-3-5(4)8/h4-7H,2-3H2,1H3/t4-,5+,8?/m0/s1. The molecule has 0 aromatic rings. The third kappa shape index (κ3) is 0.555. The number of fused-ring (bicyclic) bond motifs is 1. The summed E-state index contributed by atoms with van der Waals surface area (Å²) in [5.74, 6) is 0.830. The Morgan fingerprint density at radius 2 is 2.50 bits per heavy atom. The molecule has 0 saturated carbocycles. The van der Waals surface area contributed by atoms with E-state index in [2.05, 4.69) is 22.9 Å². The van der Waals surface area contributed by atoms with E-state index in [0.29, 0.717) is 0 Å². The van der Waals surface area contributed by atoms with Crippen LogP contribution >= 0.6 is 0 Å². The third-order valence-electron chi connectivity index (χ3n) is 1.95. The lowest BCUT2D eigenvalue weighted by molar-refractivity contribution is 0.217. The van der Waals surface area contributed by atoms with E-state index in [1.807, 2.05) is 0 Å². The maximum absolute atomic E-state index is 3.10. The van der Waals surface area contributed by atoms with E-state index in [-0.39, 0.29) is 0 Å². The number of nitrogens with one attached hydrogen (secondary N) is 2. The minimum atomic E-state index is 0.830. The minimum absolute atomic E-state index is 0.830. The van der Waals surface area contributed by atoms with E-state index in [9.17, 15) is 0 Å². The first-order valence-electron chi connectivity index (χ1n) is 3.13. The number of hydrazine groups is 2. The monoisotopic (exact) mass is 113 g/mol. The largest absolute Gasteiger partial charge is 0.244 e. The van der Waals surface area contributed by atoms with Gasteiger partial charge in [-0.3, -0.25) is 0 Å². The molecule has 2 aliphatic heterocycles. The van der Waals surface area contributed by atoms with Crippen molar-refractivity contribution in [2.24, 2.45) is 5.92 Å². The number of rotatable bonds is 0. The van der Waals surface area contributed by atoms with E-state index < -0.39 is 0 Å². The lowest BCUT2D eigenvalue weighted by Gasteiger charge is -2.19. The summed E-state index contributed by atoms with van der Waals surface area (Å²) in [4.78, 5) is 0. The van der Waals surface area contributed by atoms with Gasteiger partial charge in [0.25, 0.3) is 0 Å². The third-order valence-corrected chi connectivity index (χ3v) is 1.95. The van der Waals surface area contributed by atoms with Gasteiger partial charge in [-0.2, -0.15) is 5.53 Å². The van der Waals surface area contributed by atoms with Crippen LogP contribution in [0.1, 0.15) is 6.92 Å². The molecule has 2 saturated heterocycles.